The standard InChI is InChI=1S/C8H13F3N2O4/c9-8(10,11)5-13(3-7(15)16)6(14)4-17-2-1-12/h1-5,12H2,(H,15,16). The molecule has 0 saturated heterocycles. The Morgan fingerprint density at radius 2 is 1.94 bits per heavy atom. The number of amides is 1. The highest BCUT2D eigenvalue weighted by Gasteiger charge is 2.33. The number of ether oxygens (including phenoxy) is 1. The maximum atomic E-state index is 12.1. The van der Waals surface area contributed by atoms with Gasteiger partial charge in [0.15, 0.2) is 0 Å². The van der Waals surface area contributed by atoms with Gasteiger partial charge in [-0.1, -0.05) is 0 Å². The fraction of sp³-hybridized carbons (Fsp3) is 0.750. The maximum Gasteiger partial charge on any atom is 0.406 e. The number of hydrogen-bond donors (Lipinski definition) is 2. The van der Waals surface area contributed by atoms with Crippen LogP contribution in [-0.2, 0) is 14.3 Å². The van der Waals surface area contributed by atoms with Gasteiger partial charge in [0.2, 0.25) is 5.91 Å². The van der Waals surface area contributed by atoms with Crippen molar-refractivity contribution in [3.05, 3.63) is 0 Å². The van der Waals surface area contributed by atoms with Crippen LogP contribution < -0.4 is 5.73 Å². The first-order valence-electron chi connectivity index (χ1n) is 4.60. The summed E-state index contributed by atoms with van der Waals surface area (Å²) in [6.45, 7) is -3.14. The molecule has 6 nitrogen and oxygen atoms in total. The summed E-state index contributed by atoms with van der Waals surface area (Å²) in [4.78, 5) is 21.7. The third kappa shape index (κ3) is 8.46. The van der Waals surface area contributed by atoms with Crippen LogP contribution in [0, 0.1) is 0 Å². The second-order valence-electron chi connectivity index (χ2n) is 3.10. The van der Waals surface area contributed by atoms with E-state index in [4.69, 9.17) is 10.8 Å². The zero-order valence-corrected chi connectivity index (χ0v) is 8.87. The minimum Gasteiger partial charge on any atom is -0.480 e. The van der Waals surface area contributed by atoms with E-state index in [-0.39, 0.29) is 18.1 Å². The second-order valence-corrected chi connectivity index (χ2v) is 3.10. The molecule has 0 saturated carbocycles. The van der Waals surface area contributed by atoms with Gasteiger partial charge in [-0.25, -0.2) is 0 Å². The molecule has 0 spiro atoms. The summed E-state index contributed by atoms with van der Waals surface area (Å²) in [6, 6.07) is 0. The molecule has 0 aliphatic carbocycles. The first-order valence-corrected chi connectivity index (χ1v) is 4.60. The zero-order chi connectivity index (χ0) is 13.5. The third-order valence-corrected chi connectivity index (χ3v) is 1.54. The SMILES string of the molecule is NCCOCC(=O)N(CC(=O)O)CC(F)(F)F. The molecule has 0 heterocycles. The number of aliphatic carboxylic acids is 1. The first-order chi connectivity index (χ1) is 7.76. The van der Waals surface area contributed by atoms with Crippen molar-refractivity contribution in [2.45, 2.75) is 6.18 Å². The Balaban J connectivity index is 4.35. The molecule has 0 aromatic carbocycles. The van der Waals surface area contributed by atoms with E-state index in [1.807, 2.05) is 0 Å². The summed E-state index contributed by atoms with van der Waals surface area (Å²) in [7, 11) is 0. The number of nitrogens with zero attached hydrogens (tertiary/aromatic N) is 1. The lowest BCUT2D eigenvalue weighted by atomic mass is 10.4. The number of carboxylic acids is 1. The summed E-state index contributed by atoms with van der Waals surface area (Å²) in [6.07, 6.45) is -4.65. The van der Waals surface area contributed by atoms with Gasteiger partial charge in [-0.15, -0.1) is 0 Å². The van der Waals surface area contributed by atoms with Gasteiger partial charge in [-0.2, -0.15) is 13.2 Å². The van der Waals surface area contributed by atoms with E-state index in [1.54, 1.807) is 0 Å². The summed E-state index contributed by atoms with van der Waals surface area (Å²) in [5, 5.41) is 8.38. The average Bonchev–Trinajstić information content (AvgIpc) is 2.14. The molecule has 100 valence electrons. The number of nitrogens with two attached hydrogens (primary N) is 1. The molecule has 0 aromatic heterocycles. The van der Waals surface area contributed by atoms with Gasteiger partial charge in [-0.05, 0) is 0 Å². The Hall–Kier alpha value is -1.35. The van der Waals surface area contributed by atoms with Crippen molar-refractivity contribution in [2.75, 3.05) is 32.8 Å². The summed E-state index contributed by atoms with van der Waals surface area (Å²) < 4.78 is 40.8. The van der Waals surface area contributed by atoms with Crippen molar-refractivity contribution in [2.24, 2.45) is 5.73 Å². The normalized spacial score (nSPS) is 11.3. The zero-order valence-electron chi connectivity index (χ0n) is 8.87. The van der Waals surface area contributed by atoms with Crippen molar-refractivity contribution < 1.29 is 32.6 Å². The molecule has 0 rings (SSSR count). The molecule has 0 bridgehead atoms. The average molecular weight is 258 g/mol. The van der Waals surface area contributed by atoms with Crippen molar-refractivity contribution in [1.82, 2.24) is 4.90 Å². The number of carbonyl (C=O) groups excluding carboxylic acids is 1. The summed E-state index contributed by atoms with van der Waals surface area (Å²) in [5.74, 6) is -2.57. The largest absolute Gasteiger partial charge is 0.480 e. The van der Waals surface area contributed by atoms with E-state index in [2.05, 4.69) is 4.74 Å². The first kappa shape index (κ1) is 15.7. The van der Waals surface area contributed by atoms with Crippen molar-refractivity contribution in [3.8, 4) is 0 Å². The molecule has 1 amide bonds. The molecule has 0 aliphatic rings. The predicted octanol–water partition coefficient (Wildman–Crippen LogP) is -0.563. The van der Waals surface area contributed by atoms with Crippen LogP contribution in [-0.4, -0.2) is 60.9 Å². The number of alkyl halides is 3. The highest BCUT2D eigenvalue weighted by molar-refractivity contribution is 5.82. The fourth-order valence-electron chi connectivity index (χ4n) is 0.946. The van der Waals surface area contributed by atoms with Gasteiger partial charge < -0.3 is 20.5 Å². The van der Waals surface area contributed by atoms with Crippen LogP contribution >= 0.6 is 0 Å². The molecule has 0 fully saturated rings. The Kier molecular flexibility index (Phi) is 6.51. The Morgan fingerprint density at radius 1 is 1.35 bits per heavy atom. The minimum atomic E-state index is -4.65. The van der Waals surface area contributed by atoms with Crippen LogP contribution in [0.4, 0.5) is 13.2 Å². The van der Waals surface area contributed by atoms with Gasteiger partial charge in [0.25, 0.3) is 0 Å². The van der Waals surface area contributed by atoms with E-state index in [9.17, 15) is 22.8 Å². The third-order valence-electron chi connectivity index (χ3n) is 1.54. The molecule has 0 atom stereocenters. The molecule has 17 heavy (non-hydrogen) atoms. The van der Waals surface area contributed by atoms with Gasteiger partial charge >= 0.3 is 12.1 Å². The van der Waals surface area contributed by atoms with E-state index < -0.39 is 37.7 Å². The molecule has 0 aliphatic heterocycles. The number of halogens is 3. The highest BCUT2D eigenvalue weighted by atomic mass is 19.4. The molecular weight excluding hydrogens is 245 g/mol. The van der Waals surface area contributed by atoms with Crippen LogP contribution in [0.25, 0.3) is 0 Å². The number of hydrogen-bond acceptors (Lipinski definition) is 4. The summed E-state index contributed by atoms with van der Waals surface area (Å²) in [5.41, 5.74) is 5.05. The Morgan fingerprint density at radius 3 is 2.35 bits per heavy atom. The van der Waals surface area contributed by atoms with Gasteiger partial charge in [-0.3, -0.25) is 9.59 Å². The van der Waals surface area contributed by atoms with Crippen LogP contribution in [0.1, 0.15) is 0 Å². The van der Waals surface area contributed by atoms with Crippen LogP contribution in [0.5, 0.6) is 0 Å². The lowest BCUT2D eigenvalue weighted by molar-refractivity contribution is -0.167. The van der Waals surface area contributed by atoms with Crippen LogP contribution in [0.15, 0.2) is 0 Å². The Bertz CT molecular complexity index is 270. The molecule has 0 aromatic rings. The van der Waals surface area contributed by atoms with E-state index in [0.29, 0.717) is 0 Å². The highest BCUT2D eigenvalue weighted by Crippen LogP contribution is 2.16. The monoisotopic (exact) mass is 258 g/mol. The Labute approximate surface area is 95.1 Å². The maximum absolute atomic E-state index is 12.1. The molecule has 0 unspecified atom stereocenters. The predicted molar refractivity (Wildman–Crippen MR) is 50.1 cm³/mol. The van der Waals surface area contributed by atoms with Crippen molar-refractivity contribution in [3.63, 3.8) is 0 Å². The lowest BCUT2D eigenvalue weighted by Crippen LogP contribution is -2.43. The van der Waals surface area contributed by atoms with Crippen LogP contribution in [0.2, 0.25) is 0 Å². The smallest absolute Gasteiger partial charge is 0.406 e. The van der Waals surface area contributed by atoms with E-state index >= 15 is 0 Å². The van der Waals surface area contributed by atoms with Crippen molar-refractivity contribution >= 4 is 11.9 Å². The lowest BCUT2D eigenvalue weighted by Gasteiger charge is -2.21. The molecule has 9 heteroatoms. The molecule has 0 radical (unpaired) electrons. The molecule has 3 N–H and O–H groups in total. The summed E-state index contributed by atoms with van der Waals surface area (Å²) >= 11 is 0. The minimum absolute atomic E-state index is 0.0126. The number of carboxylic acid groups (broad SMARTS) is 1. The fourth-order valence-corrected chi connectivity index (χ4v) is 0.946. The number of rotatable bonds is 7. The second kappa shape index (κ2) is 7.07. The topological polar surface area (TPSA) is 92.9 Å². The quantitative estimate of drug-likeness (QED) is 0.597. The van der Waals surface area contributed by atoms with Gasteiger partial charge in [0, 0.05) is 6.54 Å². The van der Waals surface area contributed by atoms with Gasteiger partial charge in [0.05, 0.1) is 6.61 Å². The number of carbonyl (C=O) groups is 2. The van der Waals surface area contributed by atoms with E-state index in [0.717, 1.165) is 0 Å². The van der Waals surface area contributed by atoms with Gasteiger partial charge in [0.1, 0.15) is 19.7 Å². The molecular formula is C8H13F3N2O4. The van der Waals surface area contributed by atoms with Crippen LogP contribution in [0.3, 0.4) is 0 Å². The van der Waals surface area contributed by atoms with Crippen molar-refractivity contribution in [1.29, 1.82) is 0 Å². The van der Waals surface area contributed by atoms with E-state index in [1.165, 1.54) is 0 Å².